The van der Waals surface area contributed by atoms with Gasteiger partial charge in [0.2, 0.25) is 5.91 Å². The van der Waals surface area contributed by atoms with Gasteiger partial charge in [-0.3, -0.25) is 10.1 Å². The predicted octanol–water partition coefficient (Wildman–Crippen LogP) is 4.31. The summed E-state index contributed by atoms with van der Waals surface area (Å²) in [6.07, 6.45) is 0.812. The summed E-state index contributed by atoms with van der Waals surface area (Å²) in [7, 11) is -3.58. The maximum atomic E-state index is 12.6. The average Bonchev–Trinajstić information content (AvgIpc) is 3.43. The second-order valence-corrected chi connectivity index (χ2v) is 12.6. The Labute approximate surface area is 188 Å². The van der Waals surface area contributed by atoms with Crippen molar-refractivity contribution < 1.29 is 17.6 Å². The summed E-state index contributed by atoms with van der Waals surface area (Å²) < 4.78 is 33.8. The van der Waals surface area contributed by atoms with Crippen LogP contribution < -0.4 is 5.32 Å². The van der Waals surface area contributed by atoms with E-state index >= 15 is 0 Å². The van der Waals surface area contributed by atoms with Crippen molar-refractivity contribution in [3.63, 3.8) is 0 Å². The summed E-state index contributed by atoms with van der Waals surface area (Å²) in [5, 5.41) is 10.4. The molecule has 4 heterocycles. The SMILES string of the molecule is O=C(Nc1nnc(-c2ccc(Br)s2)o1)C1CCN(S(=O)(=O)c2ccc(Cl)s2)CC1. The molecule has 0 aromatic carbocycles. The number of rotatable bonds is 5. The molecule has 13 heteroatoms. The first-order valence-corrected chi connectivity index (χ1v) is 12.7. The zero-order valence-corrected chi connectivity index (χ0v) is 19.5. The molecular weight excluding hydrogens is 524 g/mol. The lowest BCUT2D eigenvalue weighted by Gasteiger charge is -2.29. The lowest BCUT2D eigenvalue weighted by Crippen LogP contribution is -2.41. The number of aromatic nitrogens is 2. The lowest BCUT2D eigenvalue weighted by atomic mass is 9.97. The van der Waals surface area contributed by atoms with Gasteiger partial charge in [0.1, 0.15) is 4.21 Å². The highest BCUT2D eigenvalue weighted by atomic mass is 79.9. The molecule has 3 aromatic heterocycles. The summed E-state index contributed by atoms with van der Waals surface area (Å²) in [5.41, 5.74) is 0. The van der Waals surface area contributed by atoms with Crippen LogP contribution in [0.25, 0.3) is 10.8 Å². The van der Waals surface area contributed by atoms with Gasteiger partial charge in [0, 0.05) is 19.0 Å². The second kappa shape index (κ2) is 8.44. The number of nitrogens with one attached hydrogen (secondary N) is 1. The third-order valence-electron chi connectivity index (χ3n) is 4.41. The van der Waals surface area contributed by atoms with Crippen LogP contribution in [0.15, 0.2) is 36.7 Å². The molecule has 0 unspecified atom stereocenters. The molecule has 1 aliphatic rings. The first-order valence-electron chi connectivity index (χ1n) is 8.48. The van der Waals surface area contributed by atoms with Crippen molar-refractivity contribution in [3.8, 4) is 10.8 Å². The molecule has 154 valence electrons. The van der Waals surface area contributed by atoms with Gasteiger partial charge in [-0.25, -0.2) is 8.42 Å². The van der Waals surface area contributed by atoms with Crippen molar-refractivity contribution in [3.05, 3.63) is 32.4 Å². The van der Waals surface area contributed by atoms with Gasteiger partial charge in [0.25, 0.3) is 15.9 Å². The Morgan fingerprint density at radius 1 is 1.21 bits per heavy atom. The van der Waals surface area contributed by atoms with Crippen molar-refractivity contribution in [1.82, 2.24) is 14.5 Å². The van der Waals surface area contributed by atoms with E-state index in [9.17, 15) is 13.2 Å². The number of thiophene rings is 2. The van der Waals surface area contributed by atoms with Crippen LogP contribution in [-0.4, -0.2) is 41.9 Å². The zero-order valence-electron chi connectivity index (χ0n) is 14.7. The smallest absolute Gasteiger partial charge is 0.322 e. The minimum absolute atomic E-state index is 0.0257. The molecule has 0 atom stereocenters. The summed E-state index contributed by atoms with van der Waals surface area (Å²) in [5.74, 6) is -0.269. The van der Waals surface area contributed by atoms with E-state index in [4.69, 9.17) is 16.0 Å². The van der Waals surface area contributed by atoms with Gasteiger partial charge in [0.15, 0.2) is 0 Å². The molecule has 1 fully saturated rings. The molecule has 1 amide bonds. The molecule has 8 nitrogen and oxygen atoms in total. The van der Waals surface area contributed by atoms with E-state index in [-0.39, 0.29) is 35.1 Å². The van der Waals surface area contributed by atoms with Gasteiger partial charge in [-0.1, -0.05) is 16.7 Å². The predicted molar refractivity (Wildman–Crippen MR) is 115 cm³/mol. The van der Waals surface area contributed by atoms with Gasteiger partial charge in [-0.2, -0.15) is 4.31 Å². The number of anilines is 1. The fourth-order valence-corrected chi connectivity index (χ4v) is 7.35. The molecule has 3 aromatic rings. The Morgan fingerprint density at radius 2 is 1.97 bits per heavy atom. The van der Waals surface area contributed by atoms with E-state index in [1.807, 2.05) is 12.1 Å². The van der Waals surface area contributed by atoms with Gasteiger partial charge >= 0.3 is 6.01 Å². The third-order valence-corrected chi connectivity index (χ3v) is 9.62. The van der Waals surface area contributed by atoms with Crippen molar-refractivity contribution in [2.75, 3.05) is 18.4 Å². The molecule has 1 N–H and O–H groups in total. The largest absolute Gasteiger partial charge is 0.402 e. The first-order chi connectivity index (χ1) is 13.8. The average molecular weight is 538 g/mol. The van der Waals surface area contributed by atoms with Crippen molar-refractivity contribution in [2.45, 2.75) is 17.1 Å². The van der Waals surface area contributed by atoms with Crippen molar-refractivity contribution in [2.24, 2.45) is 5.92 Å². The number of sulfonamides is 1. The highest BCUT2D eigenvalue weighted by molar-refractivity contribution is 9.11. The number of amides is 1. The van der Waals surface area contributed by atoms with Gasteiger partial charge in [0.05, 0.1) is 13.0 Å². The van der Waals surface area contributed by atoms with E-state index in [1.165, 1.54) is 21.7 Å². The zero-order chi connectivity index (χ0) is 20.6. The normalized spacial score (nSPS) is 16.2. The maximum absolute atomic E-state index is 12.6. The molecule has 1 saturated heterocycles. The molecular formula is C16H14BrClN4O4S3. The Morgan fingerprint density at radius 3 is 2.59 bits per heavy atom. The Bertz CT molecular complexity index is 1130. The Hall–Kier alpha value is -1.31. The first kappa shape index (κ1) is 20.9. The third kappa shape index (κ3) is 4.57. The number of halogens is 2. The van der Waals surface area contributed by atoms with E-state index in [2.05, 4.69) is 31.4 Å². The molecule has 0 saturated carbocycles. The number of piperidine rings is 1. The standard InChI is InChI=1S/C16H14BrClN4O4S3/c17-11-2-1-10(27-11)15-20-21-16(26-15)19-14(23)9-5-7-22(8-6-9)29(24,25)13-4-3-12(18)28-13/h1-4,9H,5-8H2,(H,19,21,23). The van der Waals surface area contributed by atoms with Crippen LogP contribution in [-0.2, 0) is 14.8 Å². The lowest BCUT2D eigenvalue weighted by molar-refractivity contribution is -0.121. The topological polar surface area (TPSA) is 105 Å². The highest BCUT2D eigenvalue weighted by Crippen LogP contribution is 2.32. The van der Waals surface area contributed by atoms with Crippen LogP contribution in [0.4, 0.5) is 6.01 Å². The van der Waals surface area contributed by atoms with Crippen LogP contribution in [0.1, 0.15) is 12.8 Å². The number of hydrogen-bond acceptors (Lipinski definition) is 8. The van der Waals surface area contributed by atoms with Crippen LogP contribution in [0, 0.1) is 5.92 Å². The molecule has 0 aliphatic carbocycles. The number of carbonyl (C=O) groups is 1. The number of hydrogen-bond donors (Lipinski definition) is 1. The van der Waals surface area contributed by atoms with Gasteiger partial charge in [-0.15, -0.1) is 27.8 Å². The highest BCUT2D eigenvalue weighted by Gasteiger charge is 2.33. The minimum atomic E-state index is -3.58. The van der Waals surface area contributed by atoms with Crippen LogP contribution in [0.2, 0.25) is 4.34 Å². The monoisotopic (exact) mass is 536 g/mol. The quantitative estimate of drug-likeness (QED) is 0.520. The molecule has 0 spiro atoms. The van der Waals surface area contributed by atoms with Crippen LogP contribution in [0.3, 0.4) is 0 Å². The minimum Gasteiger partial charge on any atom is -0.402 e. The van der Waals surface area contributed by atoms with Gasteiger partial charge < -0.3 is 4.42 Å². The molecule has 4 rings (SSSR count). The van der Waals surface area contributed by atoms with E-state index in [0.717, 1.165) is 20.0 Å². The van der Waals surface area contributed by atoms with E-state index in [0.29, 0.717) is 23.1 Å². The summed E-state index contributed by atoms with van der Waals surface area (Å²) in [6, 6.07) is 6.80. The summed E-state index contributed by atoms with van der Waals surface area (Å²) >= 11 is 11.7. The Balaban J connectivity index is 1.35. The fourth-order valence-electron chi connectivity index (χ4n) is 2.93. The molecule has 29 heavy (non-hydrogen) atoms. The van der Waals surface area contributed by atoms with Crippen molar-refractivity contribution in [1.29, 1.82) is 0 Å². The fraction of sp³-hybridized carbons (Fsp3) is 0.312. The molecule has 0 bridgehead atoms. The second-order valence-electron chi connectivity index (χ2n) is 6.24. The van der Waals surface area contributed by atoms with Crippen molar-refractivity contribution >= 4 is 72.1 Å². The Kier molecular flexibility index (Phi) is 6.09. The van der Waals surface area contributed by atoms with Crippen LogP contribution in [0.5, 0.6) is 0 Å². The van der Waals surface area contributed by atoms with E-state index in [1.54, 1.807) is 6.07 Å². The number of nitrogens with zero attached hydrogens (tertiary/aromatic N) is 3. The maximum Gasteiger partial charge on any atom is 0.322 e. The van der Waals surface area contributed by atoms with Gasteiger partial charge in [-0.05, 0) is 53.0 Å². The molecule has 1 aliphatic heterocycles. The van der Waals surface area contributed by atoms with E-state index < -0.39 is 10.0 Å². The number of carbonyl (C=O) groups excluding carboxylic acids is 1. The molecule has 0 radical (unpaired) electrons. The summed E-state index contributed by atoms with van der Waals surface area (Å²) in [6.45, 7) is 0.516. The summed E-state index contributed by atoms with van der Waals surface area (Å²) in [4.78, 5) is 13.3. The van der Waals surface area contributed by atoms with Crippen LogP contribution >= 0.6 is 50.2 Å².